The lowest BCUT2D eigenvalue weighted by atomic mass is 9.96. The summed E-state index contributed by atoms with van der Waals surface area (Å²) in [6.45, 7) is 7.23. The average molecular weight is 439 g/mol. The van der Waals surface area contributed by atoms with Gasteiger partial charge in [-0.15, -0.1) is 0 Å². The molecule has 4 rings (SSSR count). The maximum absolute atomic E-state index is 11.6. The van der Waals surface area contributed by atoms with Gasteiger partial charge >= 0.3 is 0 Å². The summed E-state index contributed by atoms with van der Waals surface area (Å²) in [6.07, 6.45) is 3.89. The molecule has 0 aromatic carbocycles. The number of hydrogen-bond acceptors (Lipinski definition) is 8. The fraction of sp³-hybridized carbons (Fsp3) is 0.500. The smallest absolute Gasteiger partial charge is 0.228 e. The van der Waals surface area contributed by atoms with Gasteiger partial charge in [0, 0.05) is 31.8 Å². The quantitative estimate of drug-likeness (QED) is 0.488. The number of carbonyl (C=O) groups is 1. The fourth-order valence-corrected chi connectivity index (χ4v) is 3.98. The summed E-state index contributed by atoms with van der Waals surface area (Å²) in [4.78, 5) is 27.8. The van der Waals surface area contributed by atoms with E-state index in [9.17, 15) is 4.79 Å². The van der Waals surface area contributed by atoms with Crippen LogP contribution in [0, 0.1) is 5.92 Å². The number of carbonyl (C=O) groups excluding carboxylic acids is 1. The number of primary amides is 1. The molecular weight excluding hydrogens is 408 g/mol. The summed E-state index contributed by atoms with van der Waals surface area (Å²) < 4.78 is 7.47. The molecule has 1 fully saturated rings. The van der Waals surface area contributed by atoms with Crippen LogP contribution in [-0.2, 0) is 22.5 Å². The molecule has 1 saturated heterocycles. The molecule has 0 saturated carbocycles. The second-order valence-corrected chi connectivity index (χ2v) is 7.79. The maximum atomic E-state index is 11.6. The Kier molecular flexibility index (Phi) is 6.79. The van der Waals surface area contributed by atoms with Gasteiger partial charge in [-0.2, -0.15) is 10.1 Å². The van der Waals surface area contributed by atoms with Gasteiger partial charge in [-0.3, -0.25) is 9.48 Å². The number of nitrogens with zero attached hydrogens (tertiary/aromatic N) is 6. The van der Waals surface area contributed by atoms with Crippen LogP contribution in [0.3, 0.4) is 0 Å². The molecule has 3 N–H and O–H groups in total. The van der Waals surface area contributed by atoms with Crippen LogP contribution in [0.15, 0.2) is 24.4 Å². The summed E-state index contributed by atoms with van der Waals surface area (Å²) in [6, 6.07) is 5.69. The first-order valence-electron chi connectivity index (χ1n) is 11.2. The minimum atomic E-state index is -0.234. The van der Waals surface area contributed by atoms with Gasteiger partial charge in [0.25, 0.3) is 0 Å². The van der Waals surface area contributed by atoms with Crippen LogP contribution >= 0.6 is 0 Å². The van der Waals surface area contributed by atoms with Gasteiger partial charge in [-0.05, 0) is 38.3 Å². The van der Waals surface area contributed by atoms with E-state index in [1.54, 1.807) is 6.20 Å². The van der Waals surface area contributed by atoms with Gasteiger partial charge in [0.1, 0.15) is 16.9 Å². The van der Waals surface area contributed by atoms with Gasteiger partial charge in [0.05, 0.1) is 18.8 Å². The molecule has 0 atom stereocenters. The molecule has 10 heteroatoms. The number of ether oxygens (including phenoxy) is 1. The predicted molar refractivity (Wildman–Crippen MR) is 123 cm³/mol. The molecule has 10 nitrogen and oxygen atoms in total. The maximum Gasteiger partial charge on any atom is 0.228 e. The molecule has 0 radical (unpaired) electrons. The van der Waals surface area contributed by atoms with Crippen molar-refractivity contribution in [3.8, 4) is 0 Å². The molecule has 1 amide bonds. The second kappa shape index (κ2) is 9.90. The van der Waals surface area contributed by atoms with Crippen LogP contribution in [0.25, 0.3) is 11.0 Å². The van der Waals surface area contributed by atoms with Crippen LogP contribution in [0.4, 0.5) is 17.6 Å². The van der Waals surface area contributed by atoms with Crippen molar-refractivity contribution in [2.24, 2.45) is 11.7 Å². The zero-order valence-electron chi connectivity index (χ0n) is 18.6. The number of piperidine rings is 1. The molecule has 0 unspecified atom stereocenters. The third-order valence-corrected chi connectivity index (χ3v) is 5.72. The normalized spacial score (nSPS) is 14.8. The number of fused-ring (bicyclic) bond motifs is 1. The lowest BCUT2D eigenvalue weighted by Gasteiger charge is -2.30. The number of aryl methyl sites for hydroxylation is 1. The number of hydrogen-bond donors (Lipinski definition) is 2. The Hall–Kier alpha value is -3.27. The molecule has 4 heterocycles. The number of aromatic nitrogens is 5. The Bertz CT molecular complexity index is 1060. The van der Waals surface area contributed by atoms with Gasteiger partial charge in [-0.25, -0.2) is 9.97 Å². The average Bonchev–Trinajstić information content (AvgIpc) is 3.18. The molecule has 0 bridgehead atoms. The Morgan fingerprint density at radius 1 is 1.25 bits per heavy atom. The highest BCUT2D eigenvalue weighted by Gasteiger charge is 2.26. The number of anilines is 3. The third kappa shape index (κ3) is 4.64. The van der Waals surface area contributed by atoms with Crippen LogP contribution in [0.5, 0.6) is 0 Å². The molecule has 3 aromatic heterocycles. The van der Waals surface area contributed by atoms with Crippen molar-refractivity contribution in [1.29, 1.82) is 0 Å². The van der Waals surface area contributed by atoms with E-state index in [1.807, 2.05) is 29.8 Å². The van der Waals surface area contributed by atoms with Crippen molar-refractivity contribution in [2.45, 2.75) is 39.7 Å². The molecule has 3 aromatic rings. The van der Waals surface area contributed by atoms with Crippen molar-refractivity contribution in [3.63, 3.8) is 0 Å². The Morgan fingerprint density at radius 3 is 2.72 bits per heavy atom. The fourth-order valence-electron chi connectivity index (χ4n) is 3.98. The van der Waals surface area contributed by atoms with E-state index in [2.05, 4.69) is 22.1 Å². The second-order valence-electron chi connectivity index (χ2n) is 7.79. The molecule has 0 spiro atoms. The predicted octanol–water partition coefficient (Wildman–Crippen LogP) is 2.27. The van der Waals surface area contributed by atoms with Crippen LogP contribution in [0.1, 0.15) is 32.4 Å². The summed E-state index contributed by atoms with van der Waals surface area (Å²) in [7, 11) is 0. The first kappa shape index (κ1) is 21.9. The van der Waals surface area contributed by atoms with E-state index < -0.39 is 0 Å². The highest BCUT2D eigenvalue weighted by molar-refractivity contribution is 5.90. The summed E-state index contributed by atoms with van der Waals surface area (Å²) >= 11 is 0. The van der Waals surface area contributed by atoms with E-state index >= 15 is 0 Å². The summed E-state index contributed by atoms with van der Waals surface area (Å²) in [5.74, 6) is 1.65. The van der Waals surface area contributed by atoms with Gasteiger partial charge < -0.3 is 20.7 Å². The highest BCUT2D eigenvalue weighted by atomic mass is 16.5. The topological polar surface area (TPSA) is 124 Å². The van der Waals surface area contributed by atoms with Crippen molar-refractivity contribution in [3.05, 3.63) is 30.1 Å². The third-order valence-electron chi connectivity index (χ3n) is 5.72. The van der Waals surface area contributed by atoms with E-state index in [0.29, 0.717) is 63.3 Å². The van der Waals surface area contributed by atoms with E-state index in [0.717, 1.165) is 23.1 Å². The summed E-state index contributed by atoms with van der Waals surface area (Å²) in [5.41, 5.74) is 8.07. The lowest BCUT2D eigenvalue weighted by molar-refractivity contribution is -0.122. The van der Waals surface area contributed by atoms with Crippen LogP contribution < -0.4 is 16.0 Å². The first-order chi connectivity index (χ1) is 15.6. The van der Waals surface area contributed by atoms with Crippen molar-refractivity contribution >= 4 is 34.5 Å². The van der Waals surface area contributed by atoms with E-state index in [-0.39, 0.29) is 11.8 Å². The summed E-state index contributed by atoms with van der Waals surface area (Å²) in [5, 5.41) is 8.15. The molecular formula is C22H30N8O2. The number of rotatable bonds is 9. The Morgan fingerprint density at radius 2 is 2.06 bits per heavy atom. The van der Waals surface area contributed by atoms with Crippen molar-refractivity contribution in [2.75, 3.05) is 36.5 Å². The largest absolute Gasteiger partial charge is 0.380 e. The highest BCUT2D eigenvalue weighted by Crippen LogP contribution is 2.30. The lowest BCUT2D eigenvalue weighted by Crippen LogP contribution is -2.39. The van der Waals surface area contributed by atoms with Crippen LogP contribution in [-0.4, -0.2) is 56.9 Å². The molecule has 170 valence electrons. The zero-order chi connectivity index (χ0) is 22.5. The Labute approximate surface area is 187 Å². The molecule has 1 aliphatic heterocycles. The standard InChI is InChI=1S/C22H30N8O2/c1-3-16-18-19(30(28-16)13-14-32-4-2)21(25-17-7-5-6-10-24-17)27-22(26-18)29-11-8-15(9-12-29)20(23)31/h5-7,10,15H,3-4,8-9,11-14H2,1-2H3,(H2,23,31)(H,24,25,26,27). The number of amides is 1. The molecule has 32 heavy (non-hydrogen) atoms. The monoisotopic (exact) mass is 438 g/mol. The molecule has 0 aliphatic carbocycles. The minimum Gasteiger partial charge on any atom is -0.380 e. The van der Waals surface area contributed by atoms with E-state index in [4.69, 9.17) is 25.5 Å². The van der Waals surface area contributed by atoms with Gasteiger partial charge in [0.2, 0.25) is 11.9 Å². The first-order valence-corrected chi connectivity index (χ1v) is 11.2. The number of nitrogens with one attached hydrogen (secondary N) is 1. The minimum absolute atomic E-state index is 0.0892. The number of nitrogens with two attached hydrogens (primary N) is 1. The zero-order valence-corrected chi connectivity index (χ0v) is 18.6. The van der Waals surface area contributed by atoms with E-state index in [1.165, 1.54) is 0 Å². The van der Waals surface area contributed by atoms with Crippen LogP contribution in [0.2, 0.25) is 0 Å². The molecule has 1 aliphatic rings. The SMILES string of the molecule is CCOCCn1nc(CC)c2nc(N3CCC(C(N)=O)CC3)nc(Nc3ccccn3)c21. The van der Waals surface area contributed by atoms with Crippen molar-refractivity contribution < 1.29 is 9.53 Å². The van der Waals surface area contributed by atoms with Gasteiger partial charge in [-0.1, -0.05) is 13.0 Å². The Balaban J connectivity index is 1.75. The number of pyridine rings is 1. The van der Waals surface area contributed by atoms with Crippen molar-refractivity contribution in [1.82, 2.24) is 24.7 Å². The van der Waals surface area contributed by atoms with Gasteiger partial charge in [0.15, 0.2) is 5.82 Å².